The number of likely N-dealkylation sites (tertiary alicyclic amines) is 1. The van der Waals surface area contributed by atoms with E-state index >= 15 is 0 Å². The molecule has 0 radical (unpaired) electrons. The number of urea groups is 1. The Hall–Kier alpha value is -1.79. The van der Waals surface area contributed by atoms with Gasteiger partial charge in [0.2, 0.25) is 0 Å². The molecule has 0 saturated carbocycles. The van der Waals surface area contributed by atoms with Crippen molar-refractivity contribution in [1.29, 1.82) is 0 Å². The summed E-state index contributed by atoms with van der Waals surface area (Å²) in [4.78, 5) is 14.5. The van der Waals surface area contributed by atoms with Gasteiger partial charge in [-0.1, -0.05) is 6.92 Å². The lowest BCUT2D eigenvalue weighted by Gasteiger charge is -2.23. The first-order valence-electron chi connectivity index (χ1n) is 8.23. The Morgan fingerprint density at radius 2 is 1.96 bits per heavy atom. The quantitative estimate of drug-likeness (QED) is 0.723. The van der Waals surface area contributed by atoms with Gasteiger partial charge in [-0.25, -0.2) is 4.79 Å². The summed E-state index contributed by atoms with van der Waals surface area (Å²) >= 11 is 0. The van der Waals surface area contributed by atoms with Crippen LogP contribution in [0.25, 0.3) is 0 Å². The summed E-state index contributed by atoms with van der Waals surface area (Å²) in [7, 11) is 1.58. The largest absolute Gasteiger partial charge is 0.468 e. The number of rotatable bonds is 8. The highest BCUT2D eigenvalue weighted by Gasteiger charge is 2.17. The van der Waals surface area contributed by atoms with E-state index in [2.05, 4.69) is 22.5 Å². The van der Waals surface area contributed by atoms with Gasteiger partial charge in [-0.15, -0.1) is 0 Å². The Bertz CT molecular complexity index is 472. The number of ether oxygens (including phenoxy) is 2. The van der Waals surface area contributed by atoms with Gasteiger partial charge in [0.1, 0.15) is 5.75 Å². The highest BCUT2D eigenvalue weighted by atomic mass is 16.7. The predicted molar refractivity (Wildman–Crippen MR) is 90.9 cm³/mol. The molecule has 2 N–H and O–H groups in total. The maximum atomic E-state index is 12.1. The lowest BCUT2D eigenvalue weighted by Crippen LogP contribution is -2.44. The van der Waals surface area contributed by atoms with Crippen molar-refractivity contribution in [1.82, 2.24) is 10.2 Å². The van der Waals surface area contributed by atoms with Gasteiger partial charge in [0.25, 0.3) is 0 Å². The second-order valence-corrected chi connectivity index (χ2v) is 5.79. The summed E-state index contributed by atoms with van der Waals surface area (Å²) < 4.78 is 10.2. The number of amides is 2. The zero-order valence-corrected chi connectivity index (χ0v) is 14.0. The summed E-state index contributed by atoms with van der Waals surface area (Å²) in [6.07, 6.45) is 3.45. The van der Waals surface area contributed by atoms with Crippen molar-refractivity contribution in [3.8, 4) is 5.75 Å². The summed E-state index contributed by atoms with van der Waals surface area (Å²) in [6, 6.07) is 7.24. The first-order valence-corrected chi connectivity index (χ1v) is 8.23. The minimum absolute atomic E-state index is 0.165. The molecule has 0 aromatic heterocycles. The van der Waals surface area contributed by atoms with Crippen molar-refractivity contribution in [2.24, 2.45) is 0 Å². The van der Waals surface area contributed by atoms with E-state index in [1.54, 1.807) is 19.2 Å². The van der Waals surface area contributed by atoms with Crippen molar-refractivity contribution >= 4 is 11.7 Å². The number of carbonyl (C=O) groups is 1. The molecular weight excluding hydrogens is 294 g/mol. The third-order valence-electron chi connectivity index (χ3n) is 3.96. The smallest absolute Gasteiger partial charge is 0.319 e. The van der Waals surface area contributed by atoms with Crippen LogP contribution >= 0.6 is 0 Å². The Balaban J connectivity index is 1.78. The molecule has 2 rings (SSSR count). The zero-order chi connectivity index (χ0) is 16.5. The van der Waals surface area contributed by atoms with Gasteiger partial charge < -0.3 is 25.0 Å². The summed E-state index contributed by atoms with van der Waals surface area (Å²) in [6.45, 7) is 5.52. The number of carbonyl (C=O) groups excluding carboxylic acids is 1. The molecule has 0 spiro atoms. The van der Waals surface area contributed by atoms with Crippen molar-refractivity contribution in [3.05, 3.63) is 24.3 Å². The van der Waals surface area contributed by atoms with Gasteiger partial charge in [0.15, 0.2) is 6.79 Å². The molecule has 1 saturated heterocycles. The molecular formula is C17H27N3O3. The van der Waals surface area contributed by atoms with E-state index in [9.17, 15) is 4.79 Å². The van der Waals surface area contributed by atoms with Crippen LogP contribution in [0.1, 0.15) is 26.2 Å². The molecule has 6 nitrogen and oxygen atoms in total. The number of methoxy groups -OCH3 is 1. The van der Waals surface area contributed by atoms with Gasteiger partial charge in [-0.3, -0.25) is 0 Å². The second kappa shape index (κ2) is 9.37. The van der Waals surface area contributed by atoms with Gasteiger partial charge in [-0.05, 0) is 56.6 Å². The fourth-order valence-electron chi connectivity index (χ4n) is 2.67. The lowest BCUT2D eigenvalue weighted by molar-refractivity contribution is 0.0511. The van der Waals surface area contributed by atoms with Crippen LogP contribution in [0.15, 0.2) is 24.3 Å². The van der Waals surface area contributed by atoms with Gasteiger partial charge in [0.05, 0.1) is 0 Å². The predicted octanol–water partition coefficient (Wildman–Crippen LogP) is 2.67. The monoisotopic (exact) mass is 321 g/mol. The minimum Gasteiger partial charge on any atom is -0.468 e. The highest BCUT2D eigenvalue weighted by Crippen LogP contribution is 2.15. The van der Waals surface area contributed by atoms with E-state index in [0.717, 1.165) is 31.7 Å². The molecule has 1 aromatic rings. The maximum absolute atomic E-state index is 12.1. The molecule has 1 aliphatic heterocycles. The molecule has 1 heterocycles. The van der Waals surface area contributed by atoms with Crippen molar-refractivity contribution in [2.45, 2.75) is 32.2 Å². The Labute approximate surface area is 138 Å². The summed E-state index contributed by atoms with van der Waals surface area (Å²) in [5.41, 5.74) is 0.739. The summed E-state index contributed by atoms with van der Waals surface area (Å²) in [5.74, 6) is 0.707. The van der Waals surface area contributed by atoms with Crippen LogP contribution in [-0.2, 0) is 4.74 Å². The van der Waals surface area contributed by atoms with Crippen molar-refractivity contribution in [3.63, 3.8) is 0 Å². The number of benzene rings is 1. The highest BCUT2D eigenvalue weighted by molar-refractivity contribution is 5.89. The SMILES string of the molecule is CCC(CN1CCCC1)NC(=O)Nc1ccc(OCOC)cc1. The van der Waals surface area contributed by atoms with Gasteiger partial charge in [-0.2, -0.15) is 0 Å². The van der Waals surface area contributed by atoms with E-state index in [0.29, 0.717) is 5.75 Å². The van der Waals surface area contributed by atoms with Crippen LogP contribution in [0.3, 0.4) is 0 Å². The number of nitrogens with zero attached hydrogens (tertiary/aromatic N) is 1. The lowest BCUT2D eigenvalue weighted by atomic mass is 10.2. The van der Waals surface area contributed by atoms with E-state index < -0.39 is 0 Å². The molecule has 23 heavy (non-hydrogen) atoms. The van der Waals surface area contributed by atoms with Crippen LogP contribution in [0, 0.1) is 0 Å². The Morgan fingerprint density at radius 1 is 1.26 bits per heavy atom. The topological polar surface area (TPSA) is 62.8 Å². The molecule has 1 aliphatic rings. The van der Waals surface area contributed by atoms with Crippen LogP contribution in [-0.4, -0.2) is 50.5 Å². The van der Waals surface area contributed by atoms with Crippen LogP contribution in [0.4, 0.5) is 10.5 Å². The minimum atomic E-state index is -0.165. The molecule has 0 aliphatic carbocycles. The third kappa shape index (κ3) is 6.08. The molecule has 1 atom stereocenters. The van der Waals surface area contributed by atoms with E-state index in [1.165, 1.54) is 12.8 Å². The molecule has 1 unspecified atom stereocenters. The van der Waals surface area contributed by atoms with Gasteiger partial charge >= 0.3 is 6.03 Å². The van der Waals surface area contributed by atoms with E-state index in [4.69, 9.17) is 9.47 Å². The fourth-order valence-corrected chi connectivity index (χ4v) is 2.67. The number of hydrogen-bond acceptors (Lipinski definition) is 4. The van der Waals surface area contributed by atoms with Crippen LogP contribution in [0.5, 0.6) is 5.75 Å². The average molecular weight is 321 g/mol. The Kier molecular flexibility index (Phi) is 7.16. The first kappa shape index (κ1) is 17.6. The zero-order valence-electron chi connectivity index (χ0n) is 14.0. The van der Waals surface area contributed by atoms with E-state index in [1.807, 2.05) is 12.1 Å². The van der Waals surface area contributed by atoms with Crippen LogP contribution in [0.2, 0.25) is 0 Å². The Morgan fingerprint density at radius 3 is 2.57 bits per heavy atom. The molecule has 1 fully saturated rings. The molecule has 0 bridgehead atoms. The molecule has 128 valence electrons. The number of hydrogen-bond donors (Lipinski definition) is 2. The van der Waals surface area contributed by atoms with E-state index in [-0.39, 0.29) is 18.9 Å². The number of nitrogens with one attached hydrogen (secondary N) is 2. The first-order chi connectivity index (χ1) is 11.2. The second-order valence-electron chi connectivity index (χ2n) is 5.79. The summed E-state index contributed by atoms with van der Waals surface area (Å²) in [5, 5.41) is 5.91. The van der Waals surface area contributed by atoms with Crippen molar-refractivity contribution in [2.75, 3.05) is 38.9 Å². The average Bonchev–Trinajstić information content (AvgIpc) is 3.06. The van der Waals surface area contributed by atoms with Crippen molar-refractivity contribution < 1.29 is 14.3 Å². The normalized spacial score (nSPS) is 16.1. The fraction of sp³-hybridized carbons (Fsp3) is 0.588. The van der Waals surface area contributed by atoms with Gasteiger partial charge in [0, 0.05) is 25.4 Å². The standard InChI is InChI=1S/C17H27N3O3/c1-3-14(12-20-10-4-5-11-20)18-17(21)19-15-6-8-16(9-7-15)23-13-22-2/h6-9,14H,3-5,10-13H2,1-2H3,(H2,18,19,21). The molecule has 1 aromatic carbocycles. The maximum Gasteiger partial charge on any atom is 0.319 e. The van der Waals surface area contributed by atoms with Crippen LogP contribution < -0.4 is 15.4 Å². The number of anilines is 1. The molecule has 2 amide bonds. The molecule has 6 heteroatoms. The third-order valence-corrected chi connectivity index (χ3v) is 3.96.